The third-order valence-corrected chi connectivity index (χ3v) is 0.602. The van der Waals surface area contributed by atoms with Crippen molar-refractivity contribution in [2.45, 2.75) is 27.2 Å². The van der Waals surface area contributed by atoms with Gasteiger partial charge in [-0.2, -0.15) is 0 Å². The van der Waals surface area contributed by atoms with Crippen LogP contribution in [-0.4, -0.2) is 6.29 Å². The van der Waals surface area contributed by atoms with Crippen LogP contribution in [0.3, 0.4) is 0 Å². The second kappa shape index (κ2) is 4.26. The molecule has 0 saturated heterocycles. The standard InChI is InChI=1S/C6H11O.W/c1-6(2,3)4-5-7;/h4H2,1-3H3;/q-1;. The van der Waals surface area contributed by atoms with Gasteiger partial charge in [-0.3, -0.25) is 6.29 Å². The SMILES string of the molecule is CC(C)(C)C[C-]=O.[W]. The predicted molar refractivity (Wildman–Crippen MR) is 29.8 cm³/mol. The first-order chi connectivity index (χ1) is 3.06. The van der Waals surface area contributed by atoms with Gasteiger partial charge in [-0.15, -0.1) is 6.42 Å². The van der Waals surface area contributed by atoms with Crippen LogP contribution in [0.15, 0.2) is 0 Å². The molecular weight excluding hydrogens is 272 g/mol. The Hall–Kier alpha value is 0.358. The van der Waals surface area contributed by atoms with E-state index in [4.69, 9.17) is 0 Å². The van der Waals surface area contributed by atoms with Crippen molar-refractivity contribution in [2.24, 2.45) is 5.41 Å². The van der Waals surface area contributed by atoms with Gasteiger partial charge in [0.1, 0.15) is 0 Å². The van der Waals surface area contributed by atoms with Gasteiger partial charge in [0.2, 0.25) is 0 Å². The fourth-order valence-electron chi connectivity index (χ4n) is 0.217. The van der Waals surface area contributed by atoms with Gasteiger partial charge in [-0.1, -0.05) is 26.2 Å². The van der Waals surface area contributed by atoms with Crippen molar-refractivity contribution >= 4 is 6.29 Å². The number of hydrogen-bond donors (Lipinski definition) is 0. The molecule has 0 aromatic rings. The molecule has 0 spiro atoms. The minimum Gasteiger partial charge on any atom is -0.542 e. The van der Waals surface area contributed by atoms with Crippen LogP contribution >= 0.6 is 0 Å². The molecule has 8 heavy (non-hydrogen) atoms. The monoisotopic (exact) mass is 283 g/mol. The summed E-state index contributed by atoms with van der Waals surface area (Å²) in [6.45, 7) is 6.04. The van der Waals surface area contributed by atoms with Gasteiger partial charge in [0.15, 0.2) is 0 Å². The second-order valence-corrected chi connectivity index (χ2v) is 2.88. The van der Waals surface area contributed by atoms with Crippen molar-refractivity contribution in [3.8, 4) is 0 Å². The molecule has 0 heterocycles. The number of rotatable bonds is 1. The molecule has 0 amide bonds. The molecule has 0 fully saturated rings. The molecular formula is C6H11OW-. The van der Waals surface area contributed by atoms with Crippen molar-refractivity contribution < 1.29 is 25.9 Å². The van der Waals surface area contributed by atoms with E-state index < -0.39 is 0 Å². The summed E-state index contributed by atoms with van der Waals surface area (Å²) in [5, 5.41) is 0. The zero-order valence-corrected chi connectivity index (χ0v) is 8.46. The van der Waals surface area contributed by atoms with Crippen LogP contribution in [-0.2, 0) is 25.9 Å². The van der Waals surface area contributed by atoms with Crippen LogP contribution in [0, 0.1) is 5.41 Å². The van der Waals surface area contributed by atoms with Gasteiger partial charge in [0.05, 0.1) is 0 Å². The Morgan fingerprint density at radius 3 is 1.75 bits per heavy atom. The molecule has 0 radical (unpaired) electrons. The smallest absolute Gasteiger partial charge is 0 e. The summed E-state index contributed by atoms with van der Waals surface area (Å²) in [6, 6.07) is 0. The molecule has 0 rings (SSSR count). The summed E-state index contributed by atoms with van der Waals surface area (Å²) in [7, 11) is 0. The molecule has 48 valence electrons. The van der Waals surface area contributed by atoms with Crippen LogP contribution in [0.4, 0.5) is 0 Å². The minimum atomic E-state index is 0. The van der Waals surface area contributed by atoms with E-state index in [1.54, 1.807) is 0 Å². The van der Waals surface area contributed by atoms with Crippen LogP contribution in [0.25, 0.3) is 0 Å². The zero-order valence-electron chi connectivity index (χ0n) is 5.52. The minimum absolute atomic E-state index is 0. The first kappa shape index (κ1) is 11.2. The maximum atomic E-state index is 9.70. The van der Waals surface area contributed by atoms with Crippen LogP contribution in [0.1, 0.15) is 27.2 Å². The van der Waals surface area contributed by atoms with E-state index >= 15 is 0 Å². The van der Waals surface area contributed by atoms with E-state index in [1.165, 1.54) is 0 Å². The maximum absolute atomic E-state index is 9.70. The predicted octanol–water partition coefficient (Wildman–Crippen LogP) is 1.53. The molecule has 0 aliphatic carbocycles. The van der Waals surface area contributed by atoms with Gasteiger partial charge in [-0.25, -0.2) is 0 Å². The Bertz CT molecular complexity index is 63.4. The first-order valence-electron chi connectivity index (χ1n) is 2.41. The second-order valence-electron chi connectivity index (χ2n) is 2.88. The Morgan fingerprint density at radius 1 is 1.38 bits per heavy atom. The van der Waals surface area contributed by atoms with Gasteiger partial charge >= 0.3 is 0 Å². The van der Waals surface area contributed by atoms with Crippen LogP contribution in [0.5, 0.6) is 0 Å². The summed E-state index contributed by atoms with van der Waals surface area (Å²) in [5.41, 5.74) is 0.127. The number of hydrogen-bond acceptors (Lipinski definition) is 1. The van der Waals surface area contributed by atoms with E-state index in [2.05, 4.69) is 0 Å². The molecule has 0 aromatic carbocycles. The largest absolute Gasteiger partial charge is 0.542 e. The van der Waals surface area contributed by atoms with Gasteiger partial charge in [-0.05, 0) is 0 Å². The molecule has 0 saturated carbocycles. The molecule has 0 aromatic heterocycles. The van der Waals surface area contributed by atoms with Crippen molar-refractivity contribution in [3.05, 3.63) is 0 Å². The Kier molecular flexibility index (Phi) is 5.96. The van der Waals surface area contributed by atoms with E-state index in [0.717, 1.165) is 0 Å². The van der Waals surface area contributed by atoms with Gasteiger partial charge < -0.3 is 4.79 Å². The number of carbonyl (C=O) groups excluding carboxylic acids is 1. The van der Waals surface area contributed by atoms with Crippen LogP contribution in [0.2, 0.25) is 0 Å². The molecule has 1 nitrogen and oxygen atoms in total. The molecule has 0 atom stereocenters. The first-order valence-corrected chi connectivity index (χ1v) is 2.41. The quantitative estimate of drug-likeness (QED) is 0.667. The van der Waals surface area contributed by atoms with E-state index in [9.17, 15) is 4.79 Å². The Morgan fingerprint density at radius 2 is 1.75 bits per heavy atom. The average Bonchev–Trinajstić information content (AvgIpc) is 1.30. The van der Waals surface area contributed by atoms with Crippen molar-refractivity contribution in [1.29, 1.82) is 0 Å². The third kappa shape index (κ3) is 9.61. The van der Waals surface area contributed by atoms with Crippen molar-refractivity contribution in [2.75, 3.05) is 0 Å². The van der Waals surface area contributed by atoms with Crippen molar-refractivity contribution in [3.63, 3.8) is 0 Å². The molecule has 2 heteroatoms. The topological polar surface area (TPSA) is 17.1 Å². The van der Waals surface area contributed by atoms with E-state index in [-0.39, 0.29) is 26.5 Å². The summed E-state index contributed by atoms with van der Waals surface area (Å²) < 4.78 is 0. The summed E-state index contributed by atoms with van der Waals surface area (Å²) in [5.74, 6) is 0. The van der Waals surface area contributed by atoms with Crippen molar-refractivity contribution in [1.82, 2.24) is 0 Å². The van der Waals surface area contributed by atoms with Crippen LogP contribution < -0.4 is 0 Å². The fraction of sp³-hybridized carbons (Fsp3) is 0.833. The normalized spacial score (nSPS) is 9.88. The molecule has 0 unspecified atom stereocenters. The fourth-order valence-corrected chi connectivity index (χ4v) is 0.217. The summed E-state index contributed by atoms with van der Waals surface area (Å²) in [4.78, 5) is 9.70. The molecule has 0 N–H and O–H groups in total. The average molecular weight is 283 g/mol. The zero-order chi connectivity index (χ0) is 5.91. The van der Waals surface area contributed by atoms with E-state index in [0.29, 0.717) is 6.42 Å². The summed E-state index contributed by atoms with van der Waals surface area (Å²) >= 11 is 0. The molecule has 0 aliphatic rings. The molecule has 0 aliphatic heterocycles. The maximum Gasteiger partial charge on any atom is 0 e. The molecule has 0 bridgehead atoms. The summed E-state index contributed by atoms with van der Waals surface area (Å²) in [6.07, 6.45) is 2.39. The van der Waals surface area contributed by atoms with E-state index in [1.807, 2.05) is 27.1 Å². The van der Waals surface area contributed by atoms with Gasteiger partial charge in [0, 0.05) is 21.1 Å². The Labute approximate surface area is 65.1 Å². The third-order valence-electron chi connectivity index (χ3n) is 0.602. The van der Waals surface area contributed by atoms with Gasteiger partial charge in [0.25, 0.3) is 0 Å². The Balaban J connectivity index is 0.